The fourth-order valence-electron chi connectivity index (χ4n) is 0.953. The van der Waals surface area contributed by atoms with Crippen LogP contribution >= 0.6 is 0 Å². The van der Waals surface area contributed by atoms with E-state index >= 15 is 0 Å². The summed E-state index contributed by atoms with van der Waals surface area (Å²) >= 11 is 0. The summed E-state index contributed by atoms with van der Waals surface area (Å²) in [5.41, 5.74) is 1.15. The first kappa shape index (κ1) is 10.2. The maximum absolute atomic E-state index is 11.1. The molecule has 0 saturated carbocycles. The normalized spacial score (nSPS) is 9.14. The Morgan fingerprint density at radius 2 is 2.36 bits per heavy atom. The highest BCUT2D eigenvalue weighted by atomic mass is 16.5. The quantitative estimate of drug-likeness (QED) is 0.412. The van der Waals surface area contributed by atoms with Gasteiger partial charge in [-0.2, -0.15) is 0 Å². The van der Waals surface area contributed by atoms with Gasteiger partial charge in [0, 0.05) is 23.9 Å². The molecule has 0 fully saturated rings. The molecule has 1 aromatic heterocycles. The SMILES string of the molecule is C=COC(=O)C(=C)Cc1ccccn1. The molecule has 0 aliphatic carbocycles. The van der Waals surface area contributed by atoms with Crippen LogP contribution in [0.1, 0.15) is 5.69 Å². The predicted molar refractivity (Wildman–Crippen MR) is 53.4 cm³/mol. The number of hydrogen-bond acceptors (Lipinski definition) is 3. The van der Waals surface area contributed by atoms with Gasteiger partial charge in [-0.3, -0.25) is 4.98 Å². The summed E-state index contributed by atoms with van der Waals surface area (Å²) in [6, 6.07) is 5.50. The lowest BCUT2D eigenvalue weighted by molar-refractivity contribution is -0.133. The molecule has 3 nitrogen and oxygen atoms in total. The third-order valence-electron chi connectivity index (χ3n) is 1.60. The molecule has 72 valence electrons. The molecule has 1 heterocycles. The van der Waals surface area contributed by atoms with E-state index in [-0.39, 0.29) is 0 Å². The summed E-state index contributed by atoms with van der Waals surface area (Å²) in [6.45, 7) is 6.90. The molecule has 0 unspecified atom stereocenters. The van der Waals surface area contributed by atoms with Gasteiger partial charge in [0.15, 0.2) is 0 Å². The number of esters is 1. The van der Waals surface area contributed by atoms with Crippen LogP contribution in [0.4, 0.5) is 0 Å². The van der Waals surface area contributed by atoms with Crippen LogP contribution in [0.15, 0.2) is 49.4 Å². The first-order chi connectivity index (χ1) is 6.74. The second-order valence-electron chi connectivity index (χ2n) is 2.67. The van der Waals surface area contributed by atoms with E-state index in [1.54, 1.807) is 6.20 Å². The van der Waals surface area contributed by atoms with Gasteiger partial charge < -0.3 is 4.74 Å². The summed E-state index contributed by atoms with van der Waals surface area (Å²) in [5, 5.41) is 0. The summed E-state index contributed by atoms with van der Waals surface area (Å²) < 4.78 is 4.57. The Morgan fingerprint density at radius 3 is 2.93 bits per heavy atom. The summed E-state index contributed by atoms with van der Waals surface area (Å²) in [7, 11) is 0. The zero-order valence-electron chi connectivity index (χ0n) is 7.77. The number of rotatable bonds is 4. The predicted octanol–water partition coefficient (Wildman–Crippen LogP) is 1.87. The number of hydrogen-bond donors (Lipinski definition) is 0. The van der Waals surface area contributed by atoms with Crippen molar-refractivity contribution in [3.8, 4) is 0 Å². The number of ether oxygens (including phenoxy) is 1. The molecule has 1 rings (SSSR count). The first-order valence-corrected chi connectivity index (χ1v) is 4.13. The van der Waals surface area contributed by atoms with E-state index in [0.717, 1.165) is 12.0 Å². The van der Waals surface area contributed by atoms with Crippen molar-refractivity contribution >= 4 is 5.97 Å². The van der Waals surface area contributed by atoms with Crippen molar-refractivity contribution in [1.29, 1.82) is 0 Å². The van der Waals surface area contributed by atoms with Crippen LogP contribution in [-0.2, 0) is 16.0 Å². The van der Waals surface area contributed by atoms with Crippen molar-refractivity contribution in [1.82, 2.24) is 4.98 Å². The molecule has 0 N–H and O–H groups in total. The summed E-state index contributed by atoms with van der Waals surface area (Å²) in [4.78, 5) is 15.2. The second kappa shape index (κ2) is 4.97. The van der Waals surface area contributed by atoms with Crippen LogP contribution in [0.3, 0.4) is 0 Å². The van der Waals surface area contributed by atoms with E-state index in [1.165, 1.54) is 0 Å². The van der Waals surface area contributed by atoms with E-state index in [9.17, 15) is 4.79 Å². The number of carbonyl (C=O) groups is 1. The minimum Gasteiger partial charge on any atom is -0.432 e. The second-order valence-corrected chi connectivity index (χ2v) is 2.67. The monoisotopic (exact) mass is 189 g/mol. The molecule has 0 atom stereocenters. The Balaban J connectivity index is 2.57. The molecule has 14 heavy (non-hydrogen) atoms. The van der Waals surface area contributed by atoms with Crippen LogP contribution in [0.5, 0.6) is 0 Å². The average molecular weight is 189 g/mol. The van der Waals surface area contributed by atoms with Gasteiger partial charge in [-0.1, -0.05) is 19.2 Å². The molecule has 0 aromatic carbocycles. The molecule has 3 heteroatoms. The van der Waals surface area contributed by atoms with Gasteiger partial charge in [-0.25, -0.2) is 4.79 Å². The van der Waals surface area contributed by atoms with E-state index < -0.39 is 5.97 Å². The van der Waals surface area contributed by atoms with Gasteiger partial charge >= 0.3 is 5.97 Å². The topological polar surface area (TPSA) is 39.2 Å². The van der Waals surface area contributed by atoms with Crippen molar-refractivity contribution in [2.75, 3.05) is 0 Å². The van der Waals surface area contributed by atoms with Crippen LogP contribution in [0, 0.1) is 0 Å². The van der Waals surface area contributed by atoms with Crippen molar-refractivity contribution in [2.24, 2.45) is 0 Å². The number of carbonyl (C=O) groups excluding carboxylic acids is 1. The molecular weight excluding hydrogens is 178 g/mol. The van der Waals surface area contributed by atoms with E-state index in [1.807, 2.05) is 18.2 Å². The molecule has 0 saturated heterocycles. The Labute approximate surface area is 82.7 Å². The highest BCUT2D eigenvalue weighted by molar-refractivity contribution is 5.88. The Hall–Kier alpha value is -1.90. The highest BCUT2D eigenvalue weighted by Gasteiger charge is 2.07. The maximum atomic E-state index is 11.1. The molecule has 0 aliphatic rings. The van der Waals surface area contributed by atoms with Crippen LogP contribution in [0.25, 0.3) is 0 Å². The number of pyridine rings is 1. The molecule has 0 aliphatic heterocycles. The minimum atomic E-state index is -0.467. The smallest absolute Gasteiger partial charge is 0.338 e. The third-order valence-corrected chi connectivity index (χ3v) is 1.60. The van der Waals surface area contributed by atoms with E-state index in [2.05, 4.69) is 22.9 Å². The van der Waals surface area contributed by atoms with Gasteiger partial charge in [-0.05, 0) is 12.1 Å². The minimum absolute atomic E-state index is 0.364. The van der Waals surface area contributed by atoms with Crippen molar-refractivity contribution in [2.45, 2.75) is 6.42 Å². The zero-order chi connectivity index (χ0) is 10.4. The standard InChI is InChI=1S/C11H11NO2/c1-3-14-11(13)9(2)8-10-6-4-5-7-12-10/h3-7H,1-2,8H2. The Bertz CT molecular complexity index is 344. The lowest BCUT2D eigenvalue weighted by atomic mass is 10.1. The van der Waals surface area contributed by atoms with Crippen LogP contribution in [-0.4, -0.2) is 11.0 Å². The van der Waals surface area contributed by atoms with E-state index in [4.69, 9.17) is 0 Å². The molecule has 0 spiro atoms. The van der Waals surface area contributed by atoms with Gasteiger partial charge in [0.1, 0.15) is 0 Å². The van der Waals surface area contributed by atoms with Crippen molar-refractivity contribution in [3.63, 3.8) is 0 Å². The van der Waals surface area contributed by atoms with Gasteiger partial charge in [0.25, 0.3) is 0 Å². The Kier molecular flexibility index (Phi) is 3.61. The van der Waals surface area contributed by atoms with E-state index in [0.29, 0.717) is 12.0 Å². The maximum Gasteiger partial charge on any atom is 0.338 e. The van der Waals surface area contributed by atoms with Gasteiger partial charge in [-0.15, -0.1) is 0 Å². The molecule has 1 aromatic rings. The first-order valence-electron chi connectivity index (χ1n) is 4.13. The van der Waals surface area contributed by atoms with Gasteiger partial charge in [0.2, 0.25) is 0 Å². The van der Waals surface area contributed by atoms with Gasteiger partial charge in [0.05, 0.1) is 6.26 Å². The van der Waals surface area contributed by atoms with Crippen molar-refractivity contribution in [3.05, 3.63) is 55.1 Å². The molecular formula is C11H11NO2. The molecule has 0 bridgehead atoms. The lowest BCUT2D eigenvalue weighted by Crippen LogP contribution is -2.06. The molecule has 0 amide bonds. The lowest BCUT2D eigenvalue weighted by Gasteiger charge is -2.02. The number of aromatic nitrogens is 1. The summed E-state index contributed by atoms with van der Waals surface area (Å²) in [5.74, 6) is -0.467. The van der Waals surface area contributed by atoms with Crippen molar-refractivity contribution < 1.29 is 9.53 Å². The van der Waals surface area contributed by atoms with Crippen LogP contribution < -0.4 is 0 Å². The third kappa shape index (κ3) is 2.86. The summed E-state index contributed by atoms with van der Waals surface area (Å²) in [6.07, 6.45) is 3.15. The average Bonchev–Trinajstić information content (AvgIpc) is 2.19. The zero-order valence-corrected chi connectivity index (χ0v) is 7.77. The highest BCUT2D eigenvalue weighted by Crippen LogP contribution is 2.04. The Morgan fingerprint density at radius 1 is 1.57 bits per heavy atom. The fourth-order valence-corrected chi connectivity index (χ4v) is 0.953. The van der Waals surface area contributed by atoms with Crippen LogP contribution in [0.2, 0.25) is 0 Å². The molecule has 0 radical (unpaired) electrons. The largest absolute Gasteiger partial charge is 0.432 e. The fraction of sp³-hybridized carbons (Fsp3) is 0.0909. The number of nitrogens with zero attached hydrogens (tertiary/aromatic N) is 1.